The number of carbonyl (C=O) groups excluding carboxylic acids is 1. The molecule has 0 aliphatic rings. The number of likely N-dealkylation sites (N-methyl/N-ethyl adjacent to an activating group) is 1. The Morgan fingerprint density at radius 2 is 2.25 bits per heavy atom. The summed E-state index contributed by atoms with van der Waals surface area (Å²) in [6, 6.07) is 3.51. The number of nitrogens with one attached hydrogen (secondary N) is 2. The van der Waals surface area contributed by atoms with Gasteiger partial charge in [-0.15, -0.1) is 0 Å². The first kappa shape index (κ1) is 12.4. The van der Waals surface area contributed by atoms with Crippen molar-refractivity contribution in [2.24, 2.45) is 0 Å². The van der Waals surface area contributed by atoms with E-state index in [1.54, 1.807) is 25.4 Å². The van der Waals surface area contributed by atoms with E-state index in [0.717, 1.165) is 6.54 Å². The van der Waals surface area contributed by atoms with E-state index in [-0.39, 0.29) is 5.91 Å². The summed E-state index contributed by atoms with van der Waals surface area (Å²) in [6.07, 6.45) is 1.66. The first-order valence-corrected chi connectivity index (χ1v) is 5.21. The number of amides is 1. The number of hydrogen-bond acceptors (Lipinski definition) is 4. The fourth-order valence-corrected chi connectivity index (χ4v) is 1.28. The summed E-state index contributed by atoms with van der Waals surface area (Å²) in [7, 11) is 5.68. The second-order valence-corrected chi connectivity index (χ2v) is 3.71. The standard InChI is InChI=1S/C11H18N4O/c1-12-10-9(5-4-6-13-10)11(16)14-7-8-15(2)3/h4-6H,7-8H2,1-3H3,(H,12,13)(H,14,16). The van der Waals surface area contributed by atoms with Gasteiger partial charge in [0.15, 0.2) is 0 Å². The van der Waals surface area contributed by atoms with Gasteiger partial charge in [-0.3, -0.25) is 4.79 Å². The van der Waals surface area contributed by atoms with E-state index in [0.29, 0.717) is 17.9 Å². The minimum atomic E-state index is -0.0979. The highest BCUT2D eigenvalue weighted by Crippen LogP contribution is 2.09. The molecule has 0 radical (unpaired) electrons. The summed E-state index contributed by atoms with van der Waals surface area (Å²) in [5, 5.41) is 5.74. The molecule has 88 valence electrons. The van der Waals surface area contributed by atoms with Gasteiger partial charge in [-0.2, -0.15) is 0 Å². The minimum absolute atomic E-state index is 0.0979. The van der Waals surface area contributed by atoms with Crippen molar-refractivity contribution in [1.29, 1.82) is 0 Å². The van der Waals surface area contributed by atoms with Crippen LogP contribution in [0.4, 0.5) is 5.82 Å². The lowest BCUT2D eigenvalue weighted by Gasteiger charge is -2.11. The van der Waals surface area contributed by atoms with E-state index < -0.39 is 0 Å². The zero-order valence-corrected chi connectivity index (χ0v) is 9.95. The van der Waals surface area contributed by atoms with Gasteiger partial charge in [0.25, 0.3) is 5.91 Å². The van der Waals surface area contributed by atoms with Gasteiger partial charge in [0.1, 0.15) is 5.82 Å². The van der Waals surface area contributed by atoms with Crippen molar-refractivity contribution in [2.45, 2.75) is 0 Å². The molecule has 0 spiro atoms. The predicted octanol–water partition coefficient (Wildman–Crippen LogP) is 0.415. The molecular weight excluding hydrogens is 204 g/mol. The Morgan fingerprint density at radius 1 is 1.50 bits per heavy atom. The highest BCUT2D eigenvalue weighted by Gasteiger charge is 2.09. The maximum absolute atomic E-state index is 11.8. The molecule has 1 aromatic rings. The summed E-state index contributed by atoms with van der Waals surface area (Å²) < 4.78 is 0. The van der Waals surface area contributed by atoms with E-state index in [4.69, 9.17) is 0 Å². The second-order valence-electron chi connectivity index (χ2n) is 3.71. The summed E-state index contributed by atoms with van der Waals surface area (Å²) in [4.78, 5) is 17.9. The van der Waals surface area contributed by atoms with Crippen molar-refractivity contribution in [2.75, 3.05) is 39.5 Å². The Balaban J connectivity index is 2.59. The van der Waals surface area contributed by atoms with E-state index in [1.165, 1.54) is 0 Å². The monoisotopic (exact) mass is 222 g/mol. The van der Waals surface area contributed by atoms with E-state index in [9.17, 15) is 4.79 Å². The Kier molecular flexibility index (Phi) is 4.72. The van der Waals surface area contributed by atoms with Crippen LogP contribution in [0.25, 0.3) is 0 Å². The Labute approximate surface area is 95.9 Å². The fourth-order valence-electron chi connectivity index (χ4n) is 1.28. The predicted molar refractivity (Wildman–Crippen MR) is 64.7 cm³/mol. The molecular formula is C11H18N4O. The average Bonchev–Trinajstić information content (AvgIpc) is 2.28. The zero-order valence-electron chi connectivity index (χ0n) is 9.95. The topological polar surface area (TPSA) is 57.3 Å². The van der Waals surface area contributed by atoms with Crippen LogP contribution in [0.3, 0.4) is 0 Å². The SMILES string of the molecule is CNc1ncccc1C(=O)NCCN(C)C. The summed E-state index contributed by atoms with van der Waals surface area (Å²) in [6.45, 7) is 1.45. The number of carbonyl (C=O) groups is 1. The third kappa shape index (κ3) is 3.51. The van der Waals surface area contributed by atoms with Crippen molar-refractivity contribution in [3.63, 3.8) is 0 Å². The number of anilines is 1. The molecule has 0 aromatic carbocycles. The molecule has 0 aliphatic heterocycles. The van der Waals surface area contributed by atoms with Crippen molar-refractivity contribution in [3.05, 3.63) is 23.9 Å². The maximum atomic E-state index is 11.8. The van der Waals surface area contributed by atoms with Crippen molar-refractivity contribution in [1.82, 2.24) is 15.2 Å². The van der Waals surface area contributed by atoms with Gasteiger partial charge in [-0.25, -0.2) is 4.98 Å². The van der Waals surface area contributed by atoms with Crippen LogP contribution in [0.1, 0.15) is 10.4 Å². The third-order valence-electron chi connectivity index (χ3n) is 2.13. The van der Waals surface area contributed by atoms with Crippen molar-refractivity contribution >= 4 is 11.7 Å². The van der Waals surface area contributed by atoms with Crippen LogP contribution in [0.15, 0.2) is 18.3 Å². The third-order valence-corrected chi connectivity index (χ3v) is 2.13. The van der Waals surface area contributed by atoms with Crippen LogP contribution in [-0.4, -0.2) is 50.0 Å². The van der Waals surface area contributed by atoms with Crippen LogP contribution in [0.2, 0.25) is 0 Å². The Morgan fingerprint density at radius 3 is 2.88 bits per heavy atom. The molecule has 0 bridgehead atoms. The molecule has 0 atom stereocenters. The maximum Gasteiger partial charge on any atom is 0.255 e. The van der Waals surface area contributed by atoms with Gasteiger partial charge in [0.2, 0.25) is 0 Å². The van der Waals surface area contributed by atoms with Crippen molar-refractivity contribution < 1.29 is 4.79 Å². The van der Waals surface area contributed by atoms with E-state index >= 15 is 0 Å². The normalized spacial score (nSPS) is 10.2. The van der Waals surface area contributed by atoms with Crippen LogP contribution in [-0.2, 0) is 0 Å². The van der Waals surface area contributed by atoms with Gasteiger partial charge < -0.3 is 15.5 Å². The largest absolute Gasteiger partial charge is 0.372 e. The van der Waals surface area contributed by atoms with Crippen LogP contribution in [0.5, 0.6) is 0 Å². The highest BCUT2D eigenvalue weighted by atomic mass is 16.1. The number of rotatable bonds is 5. The quantitative estimate of drug-likeness (QED) is 0.758. The molecule has 0 unspecified atom stereocenters. The van der Waals surface area contributed by atoms with Crippen LogP contribution < -0.4 is 10.6 Å². The molecule has 1 rings (SSSR count). The number of aromatic nitrogens is 1. The van der Waals surface area contributed by atoms with Crippen LogP contribution >= 0.6 is 0 Å². The lowest BCUT2D eigenvalue weighted by Crippen LogP contribution is -2.31. The van der Waals surface area contributed by atoms with Gasteiger partial charge in [-0.1, -0.05) is 0 Å². The lowest BCUT2D eigenvalue weighted by molar-refractivity contribution is 0.0951. The summed E-state index contributed by atoms with van der Waals surface area (Å²) in [5.74, 6) is 0.504. The molecule has 1 amide bonds. The van der Waals surface area contributed by atoms with Crippen LogP contribution in [0, 0.1) is 0 Å². The number of nitrogens with zero attached hydrogens (tertiary/aromatic N) is 2. The molecule has 1 aromatic heterocycles. The zero-order chi connectivity index (χ0) is 12.0. The Hall–Kier alpha value is -1.62. The first-order valence-electron chi connectivity index (χ1n) is 5.21. The molecule has 2 N–H and O–H groups in total. The smallest absolute Gasteiger partial charge is 0.255 e. The molecule has 0 saturated carbocycles. The summed E-state index contributed by atoms with van der Waals surface area (Å²) >= 11 is 0. The highest BCUT2D eigenvalue weighted by molar-refractivity contribution is 5.98. The summed E-state index contributed by atoms with van der Waals surface area (Å²) in [5.41, 5.74) is 0.573. The molecule has 0 aliphatic carbocycles. The van der Waals surface area contributed by atoms with Crippen molar-refractivity contribution in [3.8, 4) is 0 Å². The lowest BCUT2D eigenvalue weighted by atomic mass is 10.2. The molecule has 16 heavy (non-hydrogen) atoms. The number of pyridine rings is 1. The van der Waals surface area contributed by atoms with Gasteiger partial charge in [0, 0.05) is 26.3 Å². The van der Waals surface area contributed by atoms with Gasteiger partial charge in [0.05, 0.1) is 5.56 Å². The molecule has 0 fully saturated rings. The fraction of sp³-hybridized carbons (Fsp3) is 0.455. The van der Waals surface area contributed by atoms with E-state index in [1.807, 2.05) is 19.0 Å². The molecule has 0 saturated heterocycles. The van der Waals surface area contributed by atoms with Gasteiger partial charge in [-0.05, 0) is 26.2 Å². The first-order chi connectivity index (χ1) is 7.65. The van der Waals surface area contributed by atoms with E-state index in [2.05, 4.69) is 15.6 Å². The average molecular weight is 222 g/mol. The molecule has 5 nitrogen and oxygen atoms in total. The molecule has 5 heteroatoms. The molecule has 1 heterocycles. The second kappa shape index (κ2) is 6.07. The minimum Gasteiger partial charge on any atom is -0.372 e. The Bertz CT molecular complexity index is 352. The number of hydrogen-bond donors (Lipinski definition) is 2. The van der Waals surface area contributed by atoms with Gasteiger partial charge >= 0.3 is 0 Å².